The van der Waals surface area contributed by atoms with Crippen LogP contribution in [0.4, 0.5) is 0 Å². The van der Waals surface area contributed by atoms with Gasteiger partial charge in [0.05, 0.1) is 0 Å². The molecule has 0 saturated carbocycles. The number of carbonyl (C=O) groups is 3. The summed E-state index contributed by atoms with van der Waals surface area (Å²) in [6, 6.07) is 0. The van der Waals surface area contributed by atoms with E-state index in [4.69, 9.17) is 14.2 Å². The molecule has 0 aromatic rings. The van der Waals surface area contributed by atoms with E-state index in [1.165, 1.54) is 148 Å². The molecule has 332 valence electrons. The van der Waals surface area contributed by atoms with Crippen LogP contribution in [0.25, 0.3) is 0 Å². The first-order valence-corrected chi connectivity index (χ1v) is 24.6. The van der Waals surface area contributed by atoms with Crippen molar-refractivity contribution in [2.24, 2.45) is 17.8 Å². The van der Waals surface area contributed by atoms with Crippen LogP contribution in [0.5, 0.6) is 0 Å². The summed E-state index contributed by atoms with van der Waals surface area (Å²) in [5, 5.41) is 0. The highest BCUT2D eigenvalue weighted by molar-refractivity contribution is 5.71. The van der Waals surface area contributed by atoms with Gasteiger partial charge < -0.3 is 14.2 Å². The maximum atomic E-state index is 12.7. The molecule has 0 heterocycles. The molecule has 0 aromatic carbocycles. The molecule has 0 aromatic heterocycles. The van der Waals surface area contributed by atoms with Gasteiger partial charge in [0.25, 0.3) is 0 Å². The molecule has 0 aliphatic heterocycles. The second kappa shape index (κ2) is 41.6. The number of carbonyl (C=O) groups excluding carboxylic acids is 3. The fourth-order valence-corrected chi connectivity index (χ4v) is 7.38. The van der Waals surface area contributed by atoms with Gasteiger partial charge in [-0.25, -0.2) is 0 Å². The van der Waals surface area contributed by atoms with Crippen LogP contribution in [0.1, 0.15) is 266 Å². The van der Waals surface area contributed by atoms with Crippen molar-refractivity contribution in [2.45, 2.75) is 272 Å². The van der Waals surface area contributed by atoms with Gasteiger partial charge in [0, 0.05) is 19.3 Å². The smallest absolute Gasteiger partial charge is 0.306 e. The lowest BCUT2D eigenvalue weighted by molar-refractivity contribution is -0.167. The third kappa shape index (κ3) is 42.0. The molecule has 0 fully saturated rings. The van der Waals surface area contributed by atoms with Crippen LogP contribution in [0.15, 0.2) is 0 Å². The summed E-state index contributed by atoms with van der Waals surface area (Å²) < 4.78 is 16.8. The number of esters is 3. The average molecular weight is 793 g/mol. The third-order valence-electron chi connectivity index (χ3n) is 11.5. The van der Waals surface area contributed by atoms with E-state index < -0.39 is 6.10 Å². The molecular weight excluding hydrogens is 697 g/mol. The Bertz CT molecular complexity index is 870. The summed E-state index contributed by atoms with van der Waals surface area (Å²) in [6.45, 7) is 13.7. The molecule has 6 heteroatoms. The Morgan fingerprint density at radius 1 is 0.357 bits per heavy atom. The highest BCUT2D eigenvalue weighted by Crippen LogP contribution is 2.18. The minimum atomic E-state index is -0.762. The Morgan fingerprint density at radius 3 is 0.929 bits per heavy atom. The van der Waals surface area contributed by atoms with Crippen LogP contribution in [0.2, 0.25) is 0 Å². The Balaban J connectivity index is 4.28. The molecule has 6 nitrogen and oxygen atoms in total. The van der Waals surface area contributed by atoms with Crippen molar-refractivity contribution in [1.29, 1.82) is 0 Å². The van der Waals surface area contributed by atoms with Crippen molar-refractivity contribution < 1.29 is 28.6 Å². The maximum Gasteiger partial charge on any atom is 0.306 e. The van der Waals surface area contributed by atoms with Crippen molar-refractivity contribution in [3.05, 3.63) is 0 Å². The predicted molar refractivity (Wildman–Crippen MR) is 238 cm³/mol. The summed E-state index contributed by atoms with van der Waals surface area (Å²) in [7, 11) is 0. The summed E-state index contributed by atoms with van der Waals surface area (Å²) in [5.41, 5.74) is 0. The van der Waals surface area contributed by atoms with Gasteiger partial charge in [0.1, 0.15) is 13.2 Å². The van der Waals surface area contributed by atoms with E-state index in [0.717, 1.165) is 75.5 Å². The van der Waals surface area contributed by atoms with Crippen LogP contribution in [0.3, 0.4) is 0 Å². The fourth-order valence-electron chi connectivity index (χ4n) is 7.38. The van der Waals surface area contributed by atoms with Crippen molar-refractivity contribution in [3.8, 4) is 0 Å². The Hall–Kier alpha value is -1.59. The topological polar surface area (TPSA) is 78.9 Å². The first kappa shape index (κ1) is 54.4. The van der Waals surface area contributed by atoms with E-state index in [9.17, 15) is 14.4 Å². The van der Waals surface area contributed by atoms with Crippen LogP contribution in [-0.4, -0.2) is 37.2 Å². The molecule has 0 aliphatic carbocycles. The second-order valence-electron chi connectivity index (χ2n) is 18.3. The fraction of sp³-hybridized carbons (Fsp3) is 0.940. The molecule has 0 rings (SSSR count). The zero-order chi connectivity index (χ0) is 41.3. The van der Waals surface area contributed by atoms with E-state index in [1.807, 2.05) is 0 Å². The maximum absolute atomic E-state index is 12.7. The van der Waals surface area contributed by atoms with E-state index in [1.54, 1.807) is 0 Å². The van der Waals surface area contributed by atoms with Crippen LogP contribution in [0, 0.1) is 17.8 Å². The van der Waals surface area contributed by atoms with Gasteiger partial charge in [-0.15, -0.1) is 0 Å². The average Bonchev–Trinajstić information content (AvgIpc) is 3.16. The third-order valence-corrected chi connectivity index (χ3v) is 11.5. The molecule has 0 saturated heterocycles. The largest absolute Gasteiger partial charge is 0.462 e. The van der Waals surface area contributed by atoms with Crippen molar-refractivity contribution >= 4 is 17.9 Å². The minimum absolute atomic E-state index is 0.0662. The van der Waals surface area contributed by atoms with Gasteiger partial charge in [0.2, 0.25) is 0 Å². The molecule has 1 unspecified atom stereocenters. The van der Waals surface area contributed by atoms with Gasteiger partial charge in [-0.2, -0.15) is 0 Å². The second-order valence-corrected chi connectivity index (χ2v) is 18.3. The Kier molecular flexibility index (Phi) is 40.4. The summed E-state index contributed by atoms with van der Waals surface area (Å²) in [4.78, 5) is 37.8. The lowest BCUT2D eigenvalue weighted by Crippen LogP contribution is -2.30. The number of ether oxygens (including phenoxy) is 3. The lowest BCUT2D eigenvalue weighted by atomic mass is 9.99. The highest BCUT2D eigenvalue weighted by Gasteiger charge is 2.19. The Labute approximate surface area is 348 Å². The lowest BCUT2D eigenvalue weighted by Gasteiger charge is -2.18. The summed E-state index contributed by atoms with van der Waals surface area (Å²) in [6.07, 6.45) is 39.5. The van der Waals surface area contributed by atoms with Crippen LogP contribution >= 0.6 is 0 Å². The molecule has 0 radical (unpaired) electrons. The van der Waals surface area contributed by atoms with Gasteiger partial charge in [0.15, 0.2) is 6.10 Å². The zero-order valence-electron chi connectivity index (χ0n) is 38.4. The monoisotopic (exact) mass is 793 g/mol. The van der Waals surface area contributed by atoms with E-state index >= 15 is 0 Å². The first-order chi connectivity index (χ1) is 27.1. The van der Waals surface area contributed by atoms with E-state index in [2.05, 4.69) is 41.5 Å². The first-order valence-electron chi connectivity index (χ1n) is 24.6. The van der Waals surface area contributed by atoms with Gasteiger partial charge in [-0.3, -0.25) is 14.4 Å². The standard InChI is InChI=1S/C50H96O6/c1-7-46(6)38-32-26-19-15-12-13-17-21-28-34-40-49(52)55-43-47(56-50(53)41-35-29-23-22-25-31-37-45(4)5)42-54-48(51)39-33-27-20-16-11-9-8-10-14-18-24-30-36-44(2)3/h44-47H,7-43H2,1-6H3/t46?,47-/m0/s1. The van der Waals surface area contributed by atoms with E-state index in [0.29, 0.717) is 19.3 Å². The van der Waals surface area contributed by atoms with Crippen molar-refractivity contribution in [1.82, 2.24) is 0 Å². The van der Waals surface area contributed by atoms with Gasteiger partial charge in [-0.05, 0) is 37.0 Å². The number of unbranched alkanes of at least 4 members (excludes halogenated alkanes) is 25. The number of hydrogen-bond donors (Lipinski definition) is 0. The van der Waals surface area contributed by atoms with Crippen molar-refractivity contribution in [2.75, 3.05) is 13.2 Å². The van der Waals surface area contributed by atoms with Crippen LogP contribution < -0.4 is 0 Å². The molecule has 0 amide bonds. The molecule has 0 N–H and O–H groups in total. The quantitative estimate of drug-likeness (QED) is 0.0348. The highest BCUT2D eigenvalue weighted by atomic mass is 16.6. The van der Waals surface area contributed by atoms with Crippen molar-refractivity contribution in [3.63, 3.8) is 0 Å². The summed E-state index contributed by atoms with van der Waals surface area (Å²) in [5.74, 6) is 1.60. The Morgan fingerprint density at radius 2 is 0.625 bits per heavy atom. The molecule has 0 aliphatic rings. The van der Waals surface area contributed by atoms with E-state index in [-0.39, 0.29) is 31.1 Å². The van der Waals surface area contributed by atoms with Gasteiger partial charge >= 0.3 is 17.9 Å². The summed E-state index contributed by atoms with van der Waals surface area (Å²) >= 11 is 0. The molecule has 56 heavy (non-hydrogen) atoms. The predicted octanol–water partition coefficient (Wildman–Crippen LogP) is 15.6. The molecule has 0 spiro atoms. The number of hydrogen-bond acceptors (Lipinski definition) is 6. The minimum Gasteiger partial charge on any atom is -0.462 e. The van der Waals surface area contributed by atoms with Gasteiger partial charge in [-0.1, -0.05) is 228 Å². The van der Waals surface area contributed by atoms with Crippen LogP contribution in [-0.2, 0) is 28.6 Å². The molecular formula is C50H96O6. The molecule has 2 atom stereocenters. The zero-order valence-corrected chi connectivity index (χ0v) is 38.4. The normalized spacial score (nSPS) is 12.6. The SMILES string of the molecule is CCC(C)CCCCCCCCCCCCC(=O)OC[C@H](COC(=O)CCCCCCCCCCCCCCC(C)C)OC(=O)CCCCCCCCC(C)C. The number of rotatable bonds is 43. The molecule has 0 bridgehead atoms.